The van der Waals surface area contributed by atoms with E-state index in [1.54, 1.807) is 36.4 Å². The van der Waals surface area contributed by atoms with E-state index < -0.39 is 26.7 Å². The molecule has 1 heterocycles. The van der Waals surface area contributed by atoms with Crippen molar-refractivity contribution in [3.63, 3.8) is 0 Å². The number of halogens is 2. The van der Waals surface area contributed by atoms with Crippen molar-refractivity contribution >= 4 is 38.8 Å². The minimum Gasteiger partial charge on any atom is -0.493 e. The molecular weight excluding hydrogens is 535 g/mol. The van der Waals surface area contributed by atoms with E-state index in [1.807, 2.05) is 0 Å². The third-order valence-electron chi connectivity index (χ3n) is 6.02. The van der Waals surface area contributed by atoms with Crippen molar-refractivity contribution in [2.75, 3.05) is 31.7 Å². The molecule has 0 spiro atoms. The van der Waals surface area contributed by atoms with Gasteiger partial charge in [0.05, 0.1) is 38.0 Å². The Labute approximate surface area is 225 Å². The zero-order valence-electron chi connectivity index (χ0n) is 21.0. The summed E-state index contributed by atoms with van der Waals surface area (Å²) in [5.41, 5.74) is 1.04. The van der Waals surface area contributed by atoms with E-state index in [0.717, 1.165) is 4.31 Å². The van der Waals surface area contributed by atoms with Gasteiger partial charge in [0.2, 0.25) is 0 Å². The number of benzene rings is 3. The van der Waals surface area contributed by atoms with Gasteiger partial charge >= 0.3 is 0 Å². The van der Waals surface area contributed by atoms with Crippen LogP contribution in [0.4, 0.5) is 10.1 Å². The molecule has 3 aromatic rings. The first-order chi connectivity index (χ1) is 18.2. The van der Waals surface area contributed by atoms with Crippen molar-refractivity contribution in [3.05, 3.63) is 87.5 Å². The highest BCUT2D eigenvalue weighted by atomic mass is 35.5. The third kappa shape index (κ3) is 5.27. The molecule has 1 amide bonds. The number of ether oxygens (including phenoxy) is 3. The van der Waals surface area contributed by atoms with Gasteiger partial charge in [0.1, 0.15) is 18.2 Å². The fourth-order valence-electron chi connectivity index (χ4n) is 4.14. The van der Waals surface area contributed by atoms with Crippen molar-refractivity contribution in [2.24, 2.45) is 0 Å². The summed E-state index contributed by atoms with van der Waals surface area (Å²) in [6.45, 7) is 1.28. The smallest absolute Gasteiger partial charge is 0.270 e. The quantitative estimate of drug-likeness (QED) is 0.379. The summed E-state index contributed by atoms with van der Waals surface area (Å²) in [5.74, 6) is -0.306. The molecule has 0 aliphatic carbocycles. The normalized spacial score (nSPS) is 14.1. The Balaban J connectivity index is 1.70. The van der Waals surface area contributed by atoms with Gasteiger partial charge in [-0.1, -0.05) is 41.9 Å². The van der Waals surface area contributed by atoms with E-state index in [1.165, 1.54) is 45.4 Å². The van der Waals surface area contributed by atoms with Crippen LogP contribution in [0.5, 0.6) is 17.2 Å². The number of nitrogens with one attached hydrogen (secondary N) is 1. The van der Waals surface area contributed by atoms with Crippen LogP contribution in [0.3, 0.4) is 0 Å². The Morgan fingerprint density at radius 1 is 1.00 bits per heavy atom. The van der Waals surface area contributed by atoms with Gasteiger partial charge in [-0.05, 0) is 36.8 Å². The molecule has 38 heavy (non-hydrogen) atoms. The van der Waals surface area contributed by atoms with Gasteiger partial charge in [-0.15, -0.1) is 0 Å². The average Bonchev–Trinajstić information content (AvgIpc) is 2.90. The number of fused-ring (bicyclic) bond motifs is 1. The second-order valence-electron chi connectivity index (χ2n) is 8.32. The summed E-state index contributed by atoms with van der Waals surface area (Å²) >= 11 is 6.08. The lowest BCUT2D eigenvalue weighted by atomic mass is 10.0. The van der Waals surface area contributed by atoms with Crippen LogP contribution < -0.4 is 23.8 Å². The van der Waals surface area contributed by atoms with E-state index in [9.17, 15) is 17.6 Å². The van der Waals surface area contributed by atoms with Gasteiger partial charge in [-0.25, -0.2) is 12.8 Å². The molecule has 0 bridgehead atoms. The topological polar surface area (TPSA) is 94.2 Å². The molecule has 1 aliphatic heterocycles. The summed E-state index contributed by atoms with van der Waals surface area (Å²) in [6.07, 6.45) is 0. The largest absolute Gasteiger partial charge is 0.493 e. The maximum atomic E-state index is 14.6. The van der Waals surface area contributed by atoms with Crippen LogP contribution in [-0.2, 0) is 21.4 Å². The molecule has 4 rings (SSSR count). The molecule has 200 valence electrons. The maximum absolute atomic E-state index is 14.6. The number of hydrogen-bond donors (Lipinski definition) is 1. The van der Waals surface area contributed by atoms with Crippen LogP contribution in [-0.4, -0.2) is 41.7 Å². The number of carbonyl (C=O) groups excluding carboxylic acids is 1. The SMILES string of the molecule is COc1cc2c(cc1OC)N(Cc1ccccc1F)S(=O)(=O)C(C(=O)NCCOc1ccccc1Cl)=C2C. The maximum Gasteiger partial charge on any atom is 0.270 e. The number of sulfonamides is 1. The summed E-state index contributed by atoms with van der Waals surface area (Å²) in [4.78, 5) is 12.8. The monoisotopic (exact) mass is 560 g/mol. The lowest BCUT2D eigenvalue weighted by Gasteiger charge is -2.33. The lowest BCUT2D eigenvalue weighted by molar-refractivity contribution is -0.116. The number of hydrogen-bond acceptors (Lipinski definition) is 6. The summed E-state index contributed by atoms with van der Waals surface area (Å²) < 4.78 is 59.6. The van der Waals surface area contributed by atoms with Gasteiger partial charge in [-0.2, -0.15) is 0 Å². The van der Waals surface area contributed by atoms with E-state index in [4.69, 9.17) is 25.8 Å². The standard InChI is InChI=1S/C27H26ClFN2O6S/c1-17-19-14-24(35-2)25(36-3)15-22(19)31(16-18-8-4-6-10-21(18)29)38(33,34)26(17)27(32)30-12-13-37-23-11-7-5-9-20(23)28/h4-11,14-15H,12-13,16H2,1-3H3,(H,30,32). The molecule has 0 unspecified atom stereocenters. The molecular formula is C27H26ClFN2O6S. The van der Waals surface area contributed by atoms with E-state index in [2.05, 4.69) is 5.32 Å². The van der Waals surface area contributed by atoms with E-state index in [-0.39, 0.29) is 42.3 Å². The number of rotatable bonds is 9. The predicted octanol–water partition coefficient (Wildman–Crippen LogP) is 4.77. The van der Waals surface area contributed by atoms with Crippen LogP contribution in [0.25, 0.3) is 5.57 Å². The molecule has 3 aromatic carbocycles. The number of amides is 1. The highest BCUT2D eigenvalue weighted by molar-refractivity contribution is 7.97. The zero-order valence-corrected chi connectivity index (χ0v) is 22.5. The van der Waals surface area contributed by atoms with Crippen LogP contribution >= 0.6 is 11.6 Å². The van der Waals surface area contributed by atoms with Crippen molar-refractivity contribution in [1.29, 1.82) is 0 Å². The van der Waals surface area contributed by atoms with Gasteiger partial charge in [-0.3, -0.25) is 9.10 Å². The molecule has 0 saturated heterocycles. The highest BCUT2D eigenvalue weighted by Crippen LogP contribution is 2.45. The minimum atomic E-state index is -4.41. The number of methoxy groups -OCH3 is 2. The molecule has 1 N–H and O–H groups in total. The van der Waals surface area contributed by atoms with Crippen molar-refractivity contribution in [3.8, 4) is 17.2 Å². The summed E-state index contributed by atoms with van der Waals surface area (Å²) in [6, 6.07) is 15.8. The first-order valence-electron chi connectivity index (χ1n) is 11.6. The van der Waals surface area contributed by atoms with Crippen molar-refractivity contribution < 1.29 is 31.8 Å². The number of nitrogens with zero attached hydrogens (tertiary/aromatic N) is 1. The Kier molecular flexibility index (Phi) is 8.13. The Bertz CT molecular complexity index is 1510. The van der Waals surface area contributed by atoms with Crippen molar-refractivity contribution in [2.45, 2.75) is 13.5 Å². The van der Waals surface area contributed by atoms with Crippen LogP contribution in [0.15, 0.2) is 65.6 Å². The molecule has 1 aliphatic rings. The van der Waals surface area contributed by atoms with Gasteiger partial charge < -0.3 is 19.5 Å². The molecule has 0 aromatic heterocycles. The number of para-hydroxylation sites is 1. The molecule has 11 heteroatoms. The Hall–Kier alpha value is -3.76. The van der Waals surface area contributed by atoms with Gasteiger partial charge in [0, 0.05) is 17.2 Å². The van der Waals surface area contributed by atoms with E-state index >= 15 is 0 Å². The number of anilines is 1. The first kappa shape index (κ1) is 27.3. The van der Waals surface area contributed by atoms with Crippen LogP contribution in [0.2, 0.25) is 5.02 Å². The lowest BCUT2D eigenvalue weighted by Crippen LogP contribution is -2.41. The highest BCUT2D eigenvalue weighted by Gasteiger charge is 2.40. The van der Waals surface area contributed by atoms with E-state index in [0.29, 0.717) is 22.1 Å². The second-order valence-corrected chi connectivity index (χ2v) is 10.5. The molecule has 0 fully saturated rings. The average molecular weight is 561 g/mol. The number of allylic oxidation sites excluding steroid dienone is 1. The van der Waals surface area contributed by atoms with Crippen molar-refractivity contribution in [1.82, 2.24) is 5.32 Å². The second kappa shape index (κ2) is 11.3. The molecule has 8 nitrogen and oxygen atoms in total. The summed E-state index contributed by atoms with van der Waals surface area (Å²) in [5, 5.41) is 3.02. The molecule has 0 saturated carbocycles. The Morgan fingerprint density at radius 3 is 2.34 bits per heavy atom. The number of carbonyl (C=O) groups is 1. The molecule has 0 atom stereocenters. The van der Waals surface area contributed by atoms with Crippen LogP contribution in [0, 0.1) is 5.82 Å². The van der Waals surface area contributed by atoms with Gasteiger partial charge in [0.25, 0.3) is 15.9 Å². The zero-order chi connectivity index (χ0) is 27.4. The molecule has 0 radical (unpaired) electrons. The Morgan fingerprint density at radius 2 is 1.66 bits per heavy atom. The minimum absolute atomic E-state index is 0.0163. The third-order valence-corrected chi connectivity index (χ3v) is 8.25. The predicted molar refractivity (Wildman–Crippen MR) is 144 cm³/mol. The fraction of sp³-hybridized carbons (Fsp3) is 0.222. The fourth-order valence-corrected chi connectivity index (χ4v) is 6.07. The van der Waals surface area contributed by atoms with Crippen LogP contribution in [0.1, 0.15) is 18.1 Å². The first-order valence-corrected chi connectivity index (χ1v) is 13.4. The van der Waals surface area contributed by atoms with Gasteiger partial charge in [0.15, 0.2) is 16.4 Å². The summed E-state index contributed by atoms with van der Waals surface area (Å²) in [7, 11) is -1.53.